The number of thioether (sulfide) groups is 1. The summed E-state index contributed by atoms with van der Waals surface area (Å²) in [5, 5.41) is 22.9. The number of carbonyl (C=O) groups is 4. The number of nitrogens with two attached hydrogens (primary N) is 2. The molecule has 0 aromatic heterocycles. The van der Waals surface area contributed by atoms with E-state index >= 15 is 0 Å². The molecule has 4 atom stereocenters. The number of hydrogen-bond donors (Lipinski definition) is 6. The first kappa shape index (κ1) is 23.1. The van der Waals surface area contributed by atoms with Crippen LogP contribution in [-0.2, 0) is 19.2 Å². The molecule has 0 rings (SSSR count). The number of carboxylic acid groups (broad SMARTS) is 1. The first-order valence-corrected chi connectivity index (χ1v) is 9.04. The van der Waals surface area contributed by atoms with E-state index in [9.17, 15) is 24.3 Å². The maximum atomic E-state index is 12.2. The molecule has 0 bridgehead atoms. The molecule has 0 heterocycles. The van der Waals surface area contributed by atoms with Gasteiger partial charge in [0, 0.05) is 6.42 Å². The van der Waals surface area contributed by atoms with Crippen LogP contribution in [0.2, 0.25) is 0 Å². The minimum atomic E-state index is -1.55. The molecule has 0 aromatic rings. The van der Waals surface area contributed by atoms with Gasteiger partial charge in [0.25, 0.3) is 0 Å². The fourth-order valence-corrected chi connectivity index (χ4v) is 2.34. The Morgan fingerprint density at radius 3 is 2.16 bits per heavy atom. The molecule has 8 N–H and O–H groups in total. The highest BCUT2D eigenvalue weighted by Crippen LogP contribution is 2.03. The van der Waals surface area contributed by atoms with Gasteiger partial charge in [0.15, 0.2) is 6.04 Å². The summed E-state index contributed by atoms with van der Waals surface area (Å²) in [6.45, 7) is 1.20. The van der Waals surface area contributed by atoms with Gasteiger partial charge < -0.3 is 32.3 Å². The van der Waals surface area contributed by atoms with Crippen molar-refractivity contribution < 1.29 is 29.4 Å². The van der Waals surface area contributed by atoms with Gasteiger partial charge in [-0.15, -0.1) is 0 Å². The predicted molar refractivity (Wildman–Crippen MR) is 92.6 cm³/mol. The number of primary amides is 1. The number of aliphatic hydroxyl groups is 1. The van der Waals surface area contributed by atoms with Crippen LogP contribution in [0.1, 0.15) is 26.2 Å². The van der Waals surface area contributed by atoms with E-state index in [0.29, 0.717) is 12.2 Å². The van der Waals surface area contributed by atoms with Crippen molar-refractivity contribution in [2.75, 3.05) is 12.0 Å². The average molecular weight is 378 g/mol. The number of hydrogen-bond acceptors (Lipinski definition) is 7. The van der Waals surface area contributed by atoms with E-state index in [1.807, 2.05) is 6.26 Å². The lowest BCUT2D eigenvalue weighted by molar-refractivity contribution is -0.145. The Balaban J connectivity index is 5.01. The molecule has 0 radical (unpaired) electrons. The third kappa shape index (κ3) is 9.27. The van der Waals surface area contributed by atoms with E-state index in [1.165, 1.54) is 18.7 Å². The summed E-state index contributed by atoms with van der Waals surface area (Å²) in [5.41, 5.74) is 10.8. The normalized spacial score (nSPS) is 15.5. The zero-order valence-corrected chi connectivity index (χ0v) is 15.0. The van der Waals surface area contributed by atoms with E-state index in [4.69, 9.17) is 16.6 Å². The average Bonchev–Trinajstić information content (AvgIpc) is 2.52. The maximum Gasteiger partial charge on any atom is 0.328 e. The lowest BCUT2D eigenvalue weighted by Gasteiger charge is -2.23. The lowest BCUT2D eigenvalue weighted by atomic mass is 10.1. The van der Waals surface area contributed by atoms with Gasteiger partial charge >= 0.3 is 5.97 Å². The molecule has 4 unspecified atom stereocenters. The highest BCUT2D eigenvalue weighted by atomic mass is 32.2. The number of carboxylic acids is 1. The fourth-order valence-electron chi connectivity index (χ4n) is 1.85. The van der Waals surface area contributed by atoms with Crippen LogP contribution in [0.3, 0.4) is 0 Å². The molecule has 0 aliphatic rings. The zero-order valence-electron chi connectivity index (χ0n) is 14.2. The summed E-state index contributed by atoms with van der Waals surface area (Å²) in [7, 11) is 0. The van der Waals surface area contributed by atoms with Crippen LogP contribution in [0.5, 0.6) is 0 Å². The van der Waals surface area contributed by atoms with Gasteiger partial charge in [-0.1, -0.05) is 0 Å². The largest absolute Gasteiger partial charge is 0.480 e. The number of amides is 3. The van der Waals surface area contributed by atoms with Crippen LogP contribution in [-0.4, -0.2) is 70.1 Å². The Bertz CT molecular complexity index is 488. The number of aliphatic carboxylic acids is 1. The standard InChI is InChI=1S/C14H26N4O6S/c1-7(19)11(14(23)24)18-13(22)9(3-4-10(16)20)17-12(21)8(15)5-6-25-2/h7-9,11,19H,3-6,15H2,1-2H3,(H2,16,20)(H,17,21)(H,18,22)(H,23,24). The zero-order chi connectivity index (χ0) is 19.6. The molecular weight excluding hydrogens is 352 g/mol. The molecule has 0 fully saturated rings. The molecule has 144 valence electrons. The number of carbonyl (C=O) groups excluding carboxylic acids is 3. The van der Waals surface area contributed by atoms with Crippen molar-refractivity contribution in [3.05, 3.63) is 0 Å². The molecule has 0 aromatic carbocycles. The first-order valence-electron chi connectivity index (χ1n) is 7.64. The summed E-state index contributed by atoms with van der Waals surface area (Å²) < 4.78 is 0. The summed E-state index contributed by atoms with van der Waals surface area (Å²) in [6, 6.07) is -3.59. The molecule has 25 heavy (non-hydrogen) atoms. The van der Waals surface area contributed by atoms with Crippen LogP contribution in [0.15, 0.2) is 0 Å². The van der Waals surface area contributed by atoms with Crippen molar-refractivity contribution >= 4 is 35.5 Å². The Morgan fingerprint density at radius 1 is 1.12 bits per heavy atom. The van der Waals surface area contributed by atoms with Gasteiger partial charge in [-0.05, 0) is 31.8 Å². The van der Waals surface area contributed by atoms with E-state index in [-0.39, 0.29) is 12.8 Å². The lowest BCUT2D eigenvalue weighted by Crippen LogP contribution is -2.56. The molecule has 10 nitrogen and oxygen atoms in total. The summed E-state index contributed by atoms with van der Waals surface area (Å²) in [4.78, 5) is 46.3. The second-order valence-corrected chi connectivity index (χ2v) is 6.50. The highest BCUT2D eigenvalue weighted by molar-refractivity contribution is 7.98. The smallest absolute Gasteiger partial charge is 0.328 e. The topological polar surface area (TPSA) is 185 Å². The number of rotatable bonds is 12. The molecule has 11 heteroatoms. The SMILES string of the molecule is CSCCC(N)C(=O)NC(CCC(N)=O)C(=O)NC(C(=O)O)C(C)O. The summed E-state index contributed by atoms with van der Waals surface area (Å²) >= 11 is 1.51. The van der Waals surface area contributed by atoms with Crippen LogP contribution in [0.25, 0.3) is 0 Å². The van der Waals surface area contributed by atoms with Gasteiger partial charge in [0.1, 0.15) is 6.04 Å². The van der Waals surface area contributed by atoms with Gasteiger partial charge in [0.05, 0.1) is 12.1 Å². The Labute approximate surface area is 150 Å². The van der Waals surface area contributed by atoms with Crippen LogP contribution >= 0.6 is 11.8 Å². The first-order chi connectivity index (χ1) is 11.6. The van der Waals surface area contributed by atoms with Crippen LogP contribution in [0.4, 0.5) is 0 Å². The van der Waals surface area contributed by atoms with Gasteiger partial charge in [0.2, 0.25) is 17.7 Å². The Hall–Kier alpha value is -1.85. The van der Waals surface area contributed by atoms with Crippen molar-refractivity contribution in [2.45, 2.75) is 50.4 Å². The van der Waals surface area contributed by atoms with Crippen molar-refractivity contribution in [3.8, 4) is 0 Å². The van der Waals surface area contributed by atoms with E-state index in [0.717, 1.165) is 0 Å². The Kier molecular flexibility index (Phi) is 10.8. The highest BCUT2D eigenvalue weighted by Gasteiger charge is 2.30. The van der Waals surface area contributed by atoms with E-state index < -0.39 is 47.9 Å². The van der Waals surface area contributed by atoms with Crippen molar-refractivity contribution in [1.29, 1.82) is 0 Å². The van der Waals surface area contributed by atoms with E-state index in [2.05, 4.69) is 10.6 Å². The van der Waals surface area contributed by atoms with Gasteiger partial charge in [-0.3, -0.25) is 14.4 Å². The Morgan fingerprint density at radius 2 is 1.72 bits per heavy atom. The third-order valence-electron chi connectivity index (χ3n) is 3.33. The fraction of sp³-hybridized carbons (Fsp3) is 0.714. The molecule has 3 amide bonds. The summed E-state index contributed by atoms with van der Waals surface area (Å²) in [6.07, 6.45) is 0.593. The quantitative estimate of drug-likeness (QED) is 0.220. The predicted octanol–water partition coefficient (Wildman–Crippen LogP) is -2.23. The minimum absolute atomic E-state index is 0.117. The second-order valence-electron chi connectivity index (χ2n) is 5.52. The molecular formula is C14H26N4O6S. The van der Waals surface area contributed by atoms with E-state index in [1.54, 1.807) is 0 Å². The summed E-state index contributed by atoms with van der Waals surface area (Å²) in [5.74, 6) is -2.90. The molecule has 0 aliphatic carbocycles. The van der Waals surface area contributed by atoms with Crippen molar-refractivity contribution in [1.82, 2.24) is 10.6 Å². The molecule has 0 spiro atoms. The van der Waals surface area contributed by atoms with Gasteiger partial charge in [-0.2, -0.15) is 11.8 Å². The third-order valence-corrected chi connectivity index (χ3v) is 3.97. The minimum Gasteiger partial charge on any atom is -0.480 e. The molecule has 0 aliphatic heterocycles. The molecule has 0 saturated carbocycles. The van der Waals surface area contributed by atoms with Gasteiger partial charge in [-0.25, -0.2) is 4.79 Å². The molecule has 0 saturated heterocycles. The van der Waals surface area contributed by atoms with Crippen molar-refractivity contribution in [2.24, 2.45) is 11.5 Å². The van der Waals surface area contributed by atoms with Crippen molar-refractivity contribution in [3.63, 3.8) is 0 Å². The van der Waals surface area contributed by atoms with Crippen LogP contribution in [0, 0.1) is 0 Å². The van der Waals surface area contributed by atoms with Crippen LogP contribution < -0.4 is 22.1 Å². The monoisotopic (exact) mass is 378 g/mol. The number of nitrogens with one attached hydrogen (secondary N) is 2. The maximum absolute atomic E-state index is 12.2. The second kappa shape index (κ2) is 11.7. The number of aliphatic hydroxyl groups excluding tert-OH is 1.